The SMILES string of the molecule is [2H]C([2H])(c1ccnc(-n2c3ccccc3c3ccc(Oc4cccc(N5Cn6c7c(-c8cc(-c9ccc(C(C)(C)C)cc9)cc(C(C)(C)C)c8)cccc7c7ccccc7c7ccccc7c7cccc5c76)c4)cc32)c1)C(C)(C)C. The van der Waals surface area contributed by atoms with Gasteiger partial charge < -0.3 is 14.2 Å². The molecule has 0 saturated carbocycles. The van der Waals surface area contributed by atoms with Gasteiger partial charge in [0.05, 0.1) is 27.8 Å². The molecule has 0 bridgehead atoms. The number of benzene rings is 9. The fourth-order valence-corrected chi connectivity index (χ4v) is 11.8. The Morgan fingerprint density at radius 2 is 1.05 bits per heavy atom. The zero-order valence-corrected chi connectivity index (χ0v) is 46.1. The van der Waals surface area contributed by atoms with Crippen molar-refractivity contribution in [2.45, 2.75) is 86.2 Å². The molecule has 1 aliphatic rings. The van der Waals surface area contributed by atoms with Crippen molar-refractivity contribution in [2.24, 2.45) is 5.41 Å². The first-order valence-electron chi connectivity index (χ1n) is 28.4. The lowest BCUT2D eigenvalue weighted by Gasteiger charge is -2.23. The molecule has 0 unspecified atom stereocenters. The minimum absolute atomic E-state index is 0.0540. The molecule has 0 spiro atoms. The highest BCUT2D eigenvalue weighted by Crippen LogP contribution is 2.46. The first kappa shape index (κ1) is 46.6. The Bertz CT molecular complexity index is 4520. The molecule has 0 saturated heterocycles. The normalized spacial score (nSPS) is 13.5. The number of aromatic nitrogens is 3. The van der Waals surface area contributed by atoms with Crippen LogP contribution in [0.5, 0.6) is 11.5 Å². The highest BCUT2D eigenvalue weighted by atomic mass is 16.5. The van der Waals surface area contributed by atoms with Crippen molar-refractivity contribution >= 4 is 76.5 Å². The molecule has 0 N–H and O–H groups in total. The molecule has 1 aliphatic heterocycles. The van der Waals surface area contributed by atoms with Crippen LogP contribution in [0.2, 0.25) is 0 Å². The second kappa shape index (κ2) is 18.5. The minimum Gasteiger partial charge on any atom is -0.457 e. The molecule has 12 aromatic rings. The van der Waals surface area contributed by atoms with Gasteiger partial charge in [-0.3, -0.25) is 4.57 Å². The minimum atomic E-state index is -1.59. The van der Waals surface area contributed by atoms with Gasteiger partial charge in [-0.2, -0.15) is 0 Å². The molecule has 5 heteroatoms. The lowest BCUT2D eigenvalue weighted by Crippen LogP contribution is -2.15. The Kier molecular flexibility index (Phi) is 11.1. The topological polar surface area (TPSA) is 35.2 Å². The monoisotopic (exact) mass is 1020 g/mol. The van der Waals surface area contributed by atoms with Gasteiger partial charge in [-0.25, -0.2) is 4.98 Å². The molecular formula is C73H66N4O. The molecule has 0 aliphatic carbocycles. The predicted octanol–water partition coefficient (Wildman–Crippen LogP) is 20.1. The van der Waals surface area contributed by atoms with Gasteiger partial charge in [-0.15, -0.1) is 0 Å². The average molecular weight is 1020 g/mol. The van der Waals surface area contributed by atoms with Crippen molar-refractivity contribution in [3.8, 4) is 39.6 Å². The summed E-state index contributed by atoms with van der Waals surface area (Å²) in [4.78, 5) is 7.29. The van der Waals surface area contributed by atoms with Crippen LogP contribution in [0.25, 0.3) is 93.2 Å². The standard InChI is InChI=1S/C73H66N4O/c1-71(2,3)45-47-37-38-74-68(39-47)77-65-29-15-14-25-61(65)62-36-35-55(44-67(62)77)78-54-20-16-19-53(43-54)75-46-76-69-56(50-40-49(41-52(42-50)73(7,8)9)48-31-33-51(34-32-48)72(4,5)6)26-17-27-63(69)59-23-12-10-21-57(59)58-22-11-13-24-60(58)64-28-18-30-66(75)70(64)76/h10-44H,45-46H2,1-9H3/i45D2. The van der Waals surface area contributed by atoms with E-state index in [4.69, 9.17) is 12.5 Å². The summed E-state index contributed by atoms with van der Waals surface area (Å²) in [7, 11) is 0. The van der Waals surface area contributed by atoms with Gasteiger partial charge in [0.15, 0.2) is 0 Å². The molecular weight excluding hydrogens is 949 g/mol. The first-order valence-corrected chi connectivity index (χ1v) is 27.4. The van der Waals surface area contributed by atoms with E-state index in [1.807, 2.05) is 45.0 Å². The number of anilines is 2. The van der Waals surface area contributed by atoms with Crippen molar-refractivity contribution in [1.29, 1.82) is 0 Å². The Morgan fingerprint density at radius 3 is 1.74 bits per heavy atom. The highest BCUT2D eigenvalue weighted by molar-refractivity contribution is 6.22. The molecule has 0 amide bonds. The third kappa shape index (κ3) is 8.72. The second-order valence-electron chi connectivity index (χ2n) is 24.2. The third-order valence-electron chi connectivity index (χ3n) is 15.6. The van der Waals surface area contributed by atoms with E-state index in [0.717, 1.165) is 44.2 Å². The van der Waals surface area contributed by atoms with Crippen LogP contribution in [0.15, 0.2) is 212 Å². The molecule has 4 heterocycles. The number of pyridine rings is 1. The van der Waals surface area contributed by atoms with Crippen LogP contribution in [0.3, 0.4) is 0 Å². The fourth-order valence-electron chi connectivity index (χ4n) is 11.8. The van der Waals surface area contributed by atoms with E-state index in [2.05, 4.69) is 232 Å². The van der Waals surface area contributed by atoms with Crippen LogP contribution in [0.4, 0.5) is 11.4 Å². The van der Waals surface area contributed by atoms with Gasteiger partial charge in [-0.05, 0) is 132 Å². The quantitative estimate of drug-likeness (QED) is 0.160. The van der Waals surface area contributed by atoms with Crippen molar-refractivity contribution in [3.05, 3.63) is 229 Å². The van der Waals surface area contributed by atoms with Crippen molar-refractivity contribution in [3.63, 3.8) is 0 Å². The number of ether oxygens (including phenoxy) is 1. The summed E-state index contributed by atoms with van der Waals surface area (Å²) in [6.45, 7) is 20.1. The maximum absolute atomic E-state index is 9.12. The van der Waals surface area contributed by atoms with E-state index in [9.17, 15) is 0 Å². The third-order valence-corrected chi connectivity index (χ3v) is 15.6. The second-order valence-corrected chi connectivity index (χ2v) is 24.2. The molecule has 0 atom stereocenters. The number of rotatable bonds is 7. The Labute approximate surface area is 461 Å². The Morgan fingerprint density at radius 1 is 0.462 bits per heavy atom. The average Bonchev–Trinajstić information content (AvgIpc) is 3.71. The Balaban J connectivity index is 0.986. The van der Waals surface area contributed by atoms with Crippen LogP contribution in [0, 0.1) is 5.41 Å². The van der Waals surface area contributed by atoms with E-state index in [1.54, 1.807) is 12.3 Å². The smallest absolute Gasteiger partial charge is 0.137 e. The molecule has 384 valence electrons. The number of nitrogens with zero attached hydrogens (tertiary/aromatic N) is 4. The van der Waals surface area contributed by atoms with Crippen LogP contribution < -0.4 is 9.64 Å². The zero-order chi connectivity index (χ0) is 55.5. The predicted molar refractivity (Wildman–Crippen MR) is 331 cm³/mol. The summed E-state index contributed by atoms with van der Waals surface area (Å²) in [5, 5.41) is 9.28. The van der Waals surface area contributed by atoms with E-state index >= 15 is 0 Å². The molecule has 78 heavy (non-hydrogen) atoms. The molecule has 5 nitrogen and oxygen atoms in total. The van der Waals surface area contributed by atoms with Crippen molar-refractivity contribution < 1.29 is 7.48 Å². The summed E-state index contributed by atoms with van der Waals surface area (Å²) in [5.74, 6) is 2.05. The van der Waals surface area contributed by atoms with Gasteiger partial charge in [0.2, 0.25) is 0 Å². The molecule has 13 rings (SSSR count). The van der Waals surface area contributed by atoms with E-state index in [1.165, 1.54) is 65.7 Å². The largest absolute Gasteiger partial charge is 0.457 e. The van der Waals surface area contributed by atoms with Gasteiger partial charge in [0.1, 0.15) is 24.0 Å². The summed E-state index contributed by atoms with van der Waals surface area (Å²) in [6, 6.07) is 74.6. The summed E-state index contributed by atoms with van der Waals surface area (Å²) in [6.07, 6.45) is 0.134. The van der Waals surface area contributed by atoms with Gasteiger partial charge in [-0.1, -0.05) is 202 Å². The van der Waals surface area contributed by atoms with E-state index < -0.39 is 11.8 Å². The number of hydrogen-bond donors (Lipinski definition) is 0. The Hall–Kier alpha value is -8.67. The van der Waals surface area contributed by atoms with Crippen LogP contribution in [0.1, 0.15) is 81.7 Å². The number of fused-ring (bicyclic) bond motifs is 10. The first-order chi connectivity index (χ1) is 38.3. The molecule has 9 aromatic carbocycles. The van der Waals surface area contributed by atoms with E-state index in [-0.39, 0.29) is 10.8 Å². The lowest BCUT2D eigenvalue weighted by atomic mass is 9.82. The van der Waals surface area contributed by atoms with Crippen molar-refractivity contribution in [2.75, 3.05) is 4.90 Å². The maximum Gasteiger partial charge on any atom is 0.137 e. The van der Waals surface area contributed by atoms with Crippen LogP contribution >= 0.6 is 0 Å². The lowest BCUT2D eigenvalue weighted by molar-refractivity contribution is 0.411. The van der Waals surface area contributed by atoms with E-state index in [0.29, 0.717) is 29.5 Å². The summed E-state index contributed by atoms with van der Waals surface area (Å²) >= 11 is 0. The molecule has 0 fully saturated rings. The van der Waals surface area contributed by atoms with Gasteiger partial charge in [0.25, 0.3) is 0 Å². The molecule has 0 radical (unpaired) electrons. The fraction of sp³-hybridized carbons (Fsp3) is 0.192. The number of para-hydroxylation sites is 3. The maximum atomic E-state index is 9.12. The highest BCUT2D eigenvalue weighted by Gasteiger charge is 2.27. The summed E-state index contributed by atoms with van der Waals surface area (Å²) < 4.78 is 29.9. The summed E-state index contributed by atoms with van der Waals surface area (Å²) in [5.41, 5.74) is 13.6. The zero-order valence-electron chi connectivity index (χ0n) is 48.1. The van der Waals surface area contributed by atoms with Gasteiger partial charge >= 0.3 is 0 Å². The van der Waals surface area contributed by atoms with Crippen LogP contribution in [-0.4, -0.2) is 14.1 Å². The van der Waals surface area contributed by atoms with Crippen molar-refractivity contribution in [1.82, 2.24) is 14.1 Å². The van der Waals surface area contributed by atoms with Gasteiger partial charge in [0, 0.05) is 53.9 Å². The van der Waals surface area contributed by atoms with Crippen LogP contribution in [-0.2, 0) is 23.9 Å². The number of hydrogen-bond acceptors (Lipinski definition) is 3. The molecule has 3 aromatic heterocycles.